The number of nitrogens with zero attached hydrogens (tertiary/aromatic N) is 1. The third-order valence-corrected chi connectivity index (χ3v) is 3.37. The molecule has 1 heterocycles. The number of halogens is 2. The smallest absolute Gasteiger partial charge is 0.274 e. The molecule has 1 amide bonds. The van der Waals surface area contributed by atoms with E-state index in [-0.39, 0.29) is 11.6 Å². The zero-order chi connectivity index (χ0) is 14.7. The second-order valence-electron chi connectivity index (χ2n) is 4.11. The fraction of sp³-hybridized carbons (Fsp3) is 0.143. The highest BCUT2D eigenvalue weighted by Crippen LogP contribution is 2.32. The molecule has 1 N–H and O–H groups in total. The number of ether oxygens (including phenoxy) is 1. The van der Waals surface area contributed by atoms with E-state index in [4.69, 9.17) is 16.3 Å². The molecular formula is C14H12BrClN2O2. The summed E-state index contributed by atoms with van der Waals surface area (Å²) < 4.78 is 6.16. The molecule has 0 bridgehead atoms. The largest absolute Gasteiger partial charge is 0.495 e. The number of hydrogen-bond acceptors (Lipinski definition) is 3. The molecule has 2 aromatic rings. The molecule has 0 fully saturated rings. The summed E-state index contributed by atoms with van der Waals surface area (Å²) in [6.45, 7) is 1.88. The van der Waals surface area contributed by atoms with E-state index in [1.807, 2.05) is 13.0 Å². The average molecular weight is 356 g/mol. The molecular weight excluding hydrogens is 344 g/mol. The Balaban J connectivity index is 2.32. The number of carbonyl (C=O) groups excluding carboxylic acids is 1. The Hall–Kier alpha value is -1.59. The molecule has 104 valence electrons. The predicted molar refractivity (Wildman–Crippen MR) is 82.6 cm³/mol. The number of carbonyl (C=O) groups is 1. The second kappa shape index (κ2) is 6.24. The van der Waals surface area contributed by atoms with Crippen LogP contribution in [0.5, 0.6) is 5.75 Å². The van der Waals surface area contributed by atoms with Crippen molar-refractivity contribution in [3.63, 3.8) is 0 Å². The first-order valence-corrected chi connectivity index (χ1v) is 6.95. The van der Waals surface area contributed by atoms with Gasteiger partial charge in [0.1, 0.15) is 11.4 Å². The molecule has 0 saturated carbocycles. The van der Waals surface area contributed by atoms with Crippen molar-refractivity contribution in [2.75, 3.05) is 12.4 Å². The number of anilines is 1. The van der Waals surface area contributed by atoms with Crippen molar-refractivity contribution in [3.05, 3.63) is 51.2 Å². The fourth-order valence-electron chi connectivity index (χ4n) is 1.74. The van der Waals surface area contributed by atoms with E-state index in [1.165, 1.54) is 12.3 Å². The Bertz CT molecular complexity index is 662. The maximum atomic E-state index is 12.2. The van der Waals surface area contributed by atoms with Crippen LogP contribution in [0.4, 0.5) is 5.69 Å². The Morgan fingerprint density at radius 2 is 2.15 bits per heavy atom. The lowest BCUT2D eigenvalue weighted by molar-refractivity contribution is 0.102. The van der Waals surface area contributed by atoms with Crippen molar-refractivity contribution >= 4 is 39.1 Å². The summed E-state index contributed by atoms with van der Waals surface area (Å²) in [5, 5.41) is 3.26. The van der Waals surface area contributed by atoms with Crippen molar-refractivity contribution in [1.29, 1.82) is 0 Å². The summed E-state index contributed by atoms with van der Waals surface area (Å²) in [5.41, 5.74) is 1.75. The predicted octanol–water partition coefficient (Wildman–Crippen LogP) is 4.07. The molecule has 0 atom stereocenters. The number of hydrogen-bond donors (Lipinski definition) is 1. The first kappa shape index (κ1) is 14.8. The molecule has 6 heteroatoms. The number of amides is 1. The number of pyridine rings is 1. The summed E-state index contributed by atoms with van der Waals surface area (Å²) in [6, 6.07) is 6.80. The van der Waals surface area contributed by atoms with Crippen LogP contribution in [-0.4, -0.2) is 18.0 Å². The van der Waals surface area contributed by atoms with Crippen LogP contribution >= 0.6 is 27.5 Å². The molecule has 4 nitrogen and oxygen atoms in total. The van der Waals surface area contributed by atoms with E-state index in [1.54, 1.807) is 19.2 Å². The second-order valence-corrected chi connectivity index (χ2v) is 5.47. The molecule has 0 aliphatic rings. The molecule has 0 spiro atoms. The number of rotatable bonds is 3. The number of nitrogens with one attached hydrogen (secondary N) is 1. The lowest BCUT2D eigenvalue weighted by Gasteiger charge is -2.13. The Labute approximate surface area is 130 Å². The number of aromatic nitrogens is 1. The third kappa shape index (κ3) is 3.29. The fourth-order valence-corrected chi connectivity index (χ4v) is 2.45. The standard InChI is InChI=1S/C14H12BrClN2O2/c1-8-5-9(15)6-12(20-2)13(8)18-14(19)11-7-10(16)3-4-17-11/h3-7H,1-2H3,(H,18,19). The Morgan fingerprint density at radius 3 is 2.80 bits per heavy atom. The van der Waals surface area contributed by atoms with Crippen LogP contribution in [0.25, 0.3) is 0 Å². The summed E-state index contributed by atoms with van der Waals surface area (Å²) in [6.07, 6.45) is 1.49. The molecule has 0 aliphatic heterocycles. The number of benzene rings is 1. The van der Waals surface area contributed by atoms with Crippen molar-refractivity contribution in [2.45, 2.75) is 6.92 Å². The first-order valence-electron chi connectivity index (χ1n) is 5.78. The van der Waals surface area contributed by atoms with Crippen LogP contribution in [0.1, 0.15) is 16.1 Å². The van der Waals surface area contributed by atoms with Crippen LogP contribution in [0.3, 0.4) is 0 Å². The van der Waals surface area contributed by atoms with E-state index in [0.29, 0.717) is 16.5 Å². The van der Waals surface area contributed by atoms with Crippen LogP contribution in [-0.2, 0) is 0 Å². The zero-order valence-electron chi connectivity index (χ0n) is 10.9. The van der Waals surface area contributed by atoms with E-state index < -0.39 is 0 Å². The summed E-state index contributed by atoms with van der Waals surface area (Å²) in [7, 11) is 1.55. The normalized spacial score (nSPS) is 10.2. The maximum Gasteiger partial charge on any atom is 0.274 e. The average Bonchev–Trinajstić information content (AvgIpc) is 2.41. The molecule has 0 saturated heterocycles. The summed E-state index contributed by atoms with van der Waals surface area (Å²) in [5.74, 6) is 0.239. The van der Waals surface area contributed by atoms with Gasteiger partial charge in [0.2, 0.25) is 0 Å². The van der Waals surface area contributed by atoms with Gasteiger partial charge in [-0.3, -0.25) is 9.78 Å². The van der Waals surface area contributed by atoms with Crippen molar-refractivity contribution < 1.29 is 9.53 Å². The van der Waals surface area contributed by atoms with Crippen molar-refractivity contribution in [1.82, 2.24) is 4.98 Å². The highest BCUT2D eigenvalue weighted by atomic mass is 79.9. The Morgan fingerprint density at radius 1 is 1.40 bits per heavy atom. The van der Waals surface area contributed by atoms with Gasteiger partial charge in [-0.1, -0.05) is 27.5 Å². The van der Waals surface area contributed by atoms with Crippen LogP contribution in [0.2, 0.25) is 5.02 Å². The van der Waals surface area contributed by atoms with Crippen molar-refractivity contribution in [2.24, 2.45) is 0 Å². The van der Waals surface area contributed by atoms with E-state index >= 15 is 0 Å². The first-order chi connectivity index (χ1) is 9.51. The molecule has 0 unspecified atom stereocenters. The van der Waals surface area contributed by atoms with Crippen LogP contribution in [0.15, 0.2) is 34.9 Å². The molecule has 2 rings (SSSR count). The van der Waals surface area contributed by atoms with Crippen molar-refractivity contribution in [3.8, 4) is 5.75 Å². The number of aryl methyl sites for hydroxylation is 1. The summed E-state index contributed by atoms with van der Waals surface area (Å²) >= 11 is 9.24. The molecule has 0 radical (unpaired) electrons. The van der Waals surface area contributed by atoms with Gasteiger partial charge >= 0.3 is 0 Å². The van der Waals surface area contributed by atoms with Gasteiger partial charge in [0.15, 0.2) is 0 Å². The maximum absolute atomic E-state index is 12.2. The van der Waals surface area contributed by atoms with Gasteiger partial charge in [0.05, 0.1) is 12.8 Å². The van der Waals surface area contributed by atoms with E-state index in [2.05, 4.69) is 26.2 Å². The molecule has 1 aromatic carbocycles. The summed E-state index contributed by atoms with van der Waals surface area (Å²) in [4.78, 5) is 16.2. The van der Waals surface area contributed by atoms with Gasteiger partial charge < -0.3 is 10.1 Å². The Kier molecular flexibility index (Phi) is 4.62. The van der Waals surface area contributed by atoms with E-state index in [0.717, 1.165) is 10.0 Å². The zero-order valence-corrected chi connectivity index (χ0v) is 13.2. The third-order valence-electron chi connectivity index (χ3n) is 2.68. The number of methoxy groups -OCH3 is 1. The highest BCUT2D eigenvalue weighted by Gasteiger charge is 2.14. The van der Waals surface area contributed by atoms with Gasteiger partial charge in [-0.25, -0.2) is 0 Å². The monoisotopic (exact) mass is 354 g/mol. The van der Waals surface area contributed by atoms with Crippen LogP contribution < -0.4 is 10.1 Å². The van der Waals surface area contributed by atoms with Gasteiger partial charge in [-0.2, -0.15) is 0 Å². The lowest BCUT2D eigenvalue weighted by atomic mass is 10.1. The lowest BCUT2D eigenvalue weighted by Crippen LogP contribution is -2.15. The van der Waals surface area contributed by atoms with Gasteiger partial charge in [0.25, 0.3) is 5.91 Å². The topological polar surface area (TPSA) is 51.2 Å². The highest BCUT2D eigenvalue weighted by molar-refractivity contribution is 9.10. The van der Waals surface area contributed by atoms with Crippen LogP contribution in [0, 0.1) is 6.92 Å². The minimum absolute atomic E-state index is 0.252. The molecule has 1 aromatic heterocycles. The van der Waals surface area contributed by atoms with Gasteiger partial charge in [-0.05, 0) is 36.8 Å². The van der Waals surface area contributed by atoms with E-state index in [9.17, 15) is 4.79 Å². The van der Waals surface area contributed by atoms with Gasteiger partial charge in [0, 0.05) is 15.7 Å². The SMILES string of the molecule is COc1cc(Br)cc(C)c1NC(=O)c1cc(Cl)ccn1. The molecule has 20 heavy (non-hydrogen) atoms. The quantitative estimate of drug-likeness (QED) is 0.903. The van der Waals surface area contributed by atoms with Gasteiger partial charge in [-0.15, -0.1) is 0 Å². The minimum atomic E-state index is -0.337. The minimum Gasteiger partial charge on any atom is -0.495 e. The molecule has 0 aliphatic carbocycles.